The molecule has 1 aliphatic rings. The van der Waals surface area contributed by atoms with Gasteiger partial charge in [0.1, 0.15) is 12.0 Å². The largest absolute Gasteiger partial charge is 0.467 e. The molecule has 0 bridgehead atoms. The highest BCUT2D eigenvalue weighted by atomic mass is 16.3. The summed E-state index contributed by atoms with van der Waals surface area (Å²) in [5.41, 5.74) is 2.57. The lowest BCUT2D eigenvalue weighted by atomic mass is 9.98. The first-order valence-electron chi connectivity index (χ1n) is 6.68. The Morgan fingerprint density at radius 1 is 1.63 bits per heavy atom. The molecule has 0 radical (unpaired) electrons. The van der Waals surface area contributed by atoms with Gasteiger partial charge in [0.05, 0.1) is 12.1 Å². The van der Waals surface area contributed by atoms with Crippen LogP contribution in [0.1, 0.15) is 29.0 Å². The number of hydrazine groups is 1. The van der Waals surface area contributed by atoms with E-state index in [-0.39, 0.29) is 5.91 Å². The Kier molecular flexibility index (Phi) is 4.95. The summed E-state index contributed by atoms with van der Waals surface area (Å²) in [5, 5.41) is 3.23. The van der Waals surface area contributed by atoms with Crippen LogP contribution in [0.25, 0.3) is 0 Å². The number of carbonyl (C=O) groups is 1. The summed E-state index contributed by atoms with van der Waals surface area (Å²) in [4.78, 5) is 13.7. The van der Waals surface area contributed by atoms with E-state index in [0.29, 0.717) is 11.5 Å². The zero-order chi connectivity index (χ0) is 13.7. The molecule has 4 N–H and O–H groups in total. The van der Waals surface area contributed by atoms with Crippen molar-refractivity contribution in [3.8, 4) is 0 Å². The number of hydrogen-bond donors (Lipinski definition) is 3. The Labute approximate surface area is 113 Å². The van der Waals surface area contributed by atoms with E-state index in [1.54, 1.807) is 6.07 Å². The Hall–Kier alpha value is -1.37. The van der Waals surface area contributed by atoms with E-state index in [4.69, 9.17) is 10.3 Å². The van der Waals surface area contributed by atoms with Crippen LogP contribution in [0.4, 0.5) is 0 Å². The molecule has 0 saturated carbocycles. The predicted octanol–water partition coefficient (Wildman–Crippen LogP) is 0.315. The van der Waals surface area contributed by atoms with Crippen molar-refractivity contribution in [2.75, 3.05) is 26.7 Å². The van der Waals surface area contributed by atoms with E-state index >= 15 is 0 Å². The van der Waals surface area contributed by atoms with Crippen molar-refractivity contribution in [1.29, 1.82) is 0 Å². The van der Waals surface area contributed by atoms with Crippen molar-refractivity contribution in [2.24, 2.45) is 11.8 Å². The number of nitrogen functional groups attached to an aromatic ring is 1. The minimum absolute atomic E-state index is 0.318. The number of rotatable bonds is 5. The molecule has 1 atom stereocenters. The highest BCUT2D eigenvalue weighted by Crippen LogP contribution is 2.19. The van der Waals surface area contributed by atoms with Crippen molar-refractivity contribution in [1.82, 2.24) is 15.6 Å². The van der Waals surface area contributed by atoms with Gasteiger partial charge in [-0.25, -0.2) is 5.84 Å². The number of nitrogens with zero attached hydrogens (tertiary/aromatic N) is 1. The molecule has 1 aromatic heterocycles. The third-order valence-corrected chi connectivity index (χ3v) is 3.52. The number of amides is 1. The lowest BCUT2D eigenvalue weighted by Crippen LogP contribution is -2.38. The summed E-state index contributed by atoms with van der Waals surface area (Å²) in [5.74, 6) is 6.28. The first-order chi connectivity index (χ1) is 9.22. The number of hydrogen-bond acceptors (Lipinski definition) is 5. The van der Waals surface area contributed by atoms with Gasteiger partial charge in [-0.1, -0.05) is 0 Å². The molecule has 1 aromatic rings. The maximum absolute atomic E-state index is 11.3. The first kappa shape index (κ1) is 14.0. The lowest BCUT2D eigenvalue weighted by Gasteiger charge is -2.31. The van der Waals surface area contributed by atoms with Crippen molar-refractivity contribution >= 4 is 5.91 Å². The molecule has 19 heavy (non-hydrogen) atoms. The van der Waals surface area contributed by atoms with Crippen LogP contribution in [0, 0.1) is 5.92 Å². The predicted molar refractivity (Wildman–Crippen MR) is 72.3 cm³/mol. The molecular formula is C13H22N4O2. The van der Waals surface area contributed by atoms with E-state index < -0.39 is 0 Å². The second-order valence-corrected chi connectivity index (χ2v) is 5.08. The van der Waals surface area contributed by atoms with Crippen LogP contribution < -0.4 is 16.6 Å². The van der Waals surface area contributed by atoms with Crippen LogP contribution >= 0.6 is 0 Å². The van der Waals surface area contributed by atoms with Crippen LogP contribution in [0.5, 0.6) is 0 Å². The maximum atomic E-state index is 11.3. The quantitative estimate of drug-likeness (QED) is 0.406. The van der Waals surface area contributed by atoms with Crippen LogP contribution in [-0.4, -0.2) is 37.5 Å². The fourth-order valence-electron chi connectivity index (χ4n) is 2.64. The van der Waals surface area contributed by atoms with Gasteiger partial charge in [0.2, 0.25) is 0 Å². The smallest absolute Gasteiger partial charge is 0.268 e. The summed E-state index contributed by atoms with van der Waals surface area (Å²) in [6.07, 6.45) is 3.94. The fraction of sp³-hybridized carbons (Fsp3) is 0.615. The zero-order valence-corrected chi connectivity index (χ0v) is 11.3. The highest BCUT2D eigenvalue weighted by molar-refractivity contribution is 5.93. The summed E-state index contributed by atoms with van der Waals surface area (Å²) >= 11 is 0. The zero-order valence-electron chi connectivity index (χ0n) is 11.3. The average molecular weight is 266 g/mol. The van der Waals surface area contributed by atoms with Crippen LogP contribution in [0.15, 0.2) is 16.7 Å². The molecule has 0 aliphatic carbocycles. The van der Waals surface area contributed by atoms with E-state index in [1.807, 2.05) is 7.05 Å². The molecule has 2 rings (SSSR count). The molecule has 2 heterocycles. The number of likely N-dealkylation sites (tertiary alicyclic amines) is 1. The SMILES string of the molecule is CNCC1CCCN(Cc2cc(C(=O)NN)co2)C1. The molecule has 106 valence electrons. The average Bonchev–Trinajstić information content (AvgIpc) is 2.87. The molecular weight excluding hydrogens is 244 g/mol. The monoisotopic (exact) mass is 266 g/mol. The van der Waals surface area contributed by atoms with Gasteiger partial charge in [0.25, 0.3) is 5.91 Å². The van der Waals surface area contributed by atoms with Crippen LogP contribution in [0.3, 0.4) is 0 Å². The third-order valence-electron chi connectivity index (χ3n) is 3.52. The van der Waals surface area contributed by atoms with Gasteiger partial charge in [-0.2, -0.15) is 0 Å². The van der Waals surface area contributed by atoms with Gasteiger partial charge in [-0.15, -0.1) is 0 Å². The van der Waals surface area contributed by atoms with Gasteiger partial charge in [-0.3, -0.25) is 15.1 Å². The molecule has 6 nitrogen and oxygen atoms in total. The fourth-order valence-corrected chi connectivity index (χ4v) is 2.64. The van der Waals surface area contributed by atoms with Crippen molar-refractivity contribution in [3.05, 3.63) is 23.7 Å². The summed E-state index contributed by atoms with van der Waals surface area (Å²) in [7, 11) is 1.99. The van der Waals surface area contributed by atoms with Gasteiger partial charge in [-0.05, 0) is 45.0 Å². The Morgan fingerprint density at radius 3 is 3.21 bits per heavy atom. The van der Waals surface area contributed by atoms with Crippen molar-refractivity contribution < 1.29 is 9.21 Å². The topological polar surface area (TPSA) is 83.5 Å². The number of furan rings is 1. The van der Waals surface area contributed by atoms with E-state index in [9.17, 15) is 4.79 Å². The Balaban J connectivity index is 1.89. The first-order valence-corrected chi connectivity index (χ1v) is 6.68. The van der Waals surface area contributed by atoms with Crippen LogP contribution in [0.2, 0.25) is 0 Å². The maximum Gasteiger partial charge on any atom is 0.268 e. The minimum atomic E-state index is -0.318. The van der Waals surface area contributed by atoms with Crippen molar-refractivity contribution in [2.45, 2.75) is 19.4 Å². The second kappa shape index (κ2) is 6.70. The lowest BCUT2D eigenvalue weighted by molar-refractivity contribution is 0.0953. The summed E-state index contributed by atoms with van der Waals surface area (Å²) in [6.45, 7) is 3.95. The summed E-state index contributed by atoms with van der Waals surface area (Å²) < 4.78 is 5.41. The molecule has 1 saturated heterocycles. The van der Waals surface area contributed by atoms with Gasteiger partial charge in [0.15, 0.2) is 0 Å². The molecule has 0 spiro atoms. The Bertz CT molecular complexity index is 417. The second-order valence-electron chi connectivity index (χ2n) is 5.08. The molecule has 0 aromatic carbocycles. The minimum Gasteiger partial charge on any atom is -0.467 e. The van der Waals surface area contributed by atoms with E-state index in [1.165, 1.54) is 19.1 Å². The normalized spacial score (nSPS) is 20.4. The van der Waals surface area contributed by atoms with Gasteiger partial charge < -0.3 is 9.73 Å². The number of piperidine rings is 1. The molecule has 1 aliphatic heterocycles. The molecule has 6 heteroatoms. The standard InChI is InChI=1S/C13H22N4O2/c1-15-6-10-3-2-4-17(7-10)8-12-5-11(9-19-12)13(18)16-14/h5,9-10,15H,2-4,6-8,14H2,1H3,(H,16,18). The molecule has 1 fully saturated rings. The number of nitrogens with two attached hydrogens (primary N) is 1. The van der Waals surface area contributed by atoms with Crippen LogP contribution in [-0.2, 0) is 6.54 Å². The third kappa shape index (κ3) is 3.79. The van der Waals surface area contributed by atoms with Gasteiger partial charge >= 0.3 is 0 Å². The van der Waals surface area contributed by atoms with E-state index in [0.717, 1.165) is 31.9 Å². The number of carbonyl (C=O) groups excluding carboxylic acids is 1. The molecule has 1 amide bonds. The highest BCUT2D eigenvalue weighted by Gasteiger charge is 2.20. The van der Waals surface area contributed by atoms with E-state index in [2.05, 4.69) is 15.6 Å². The summed E-state index contributed by atoms with van der Waals surface area (Å²) in [6, 6.07) is 1.75. The van der Waals surface area contributed by atoms with Gasteiger partial charge in [0, 0.05) is 6.54 Å². The Morgan fingerprint density at radius 2 is 2.47 bits per heavy atom. The molecule has 1 unspecified atom stereocenters. The number of nitrogens with one attached hydrogen (secondary N) is 2. The van der Waals surface area contributed by atoms with Crippen molar-refractivity contribution in [3.63, 3.8) is 0 Å².